The molecule has 0 rings (SSSR count). The van der Waals surface area contributed by atoms with Gasteiger partial charge in [0.2, 0.25) is 0 Å². The molecule has 17 nitrogen and oxygen atoms in total. The summed E-state index contributed by atoms with van der Waals surface area (Å²) in [5.74, 6) is -0.518. The topological polar surface area (TPSA) is 237 Å². The first-order valence-electron chi connectivity index (χ1n) is 46.0. The molecule has 0 aromatic rings. The Morgan fingerprint density at radius 1 is 0.250 bits per heavy atom. The molecule has 0 amide bonds. The smallest absolute Gasteiger partial charge is 0.462 e. The van der Waals surface area contributed by atoms with Crippen molar-refractivity contribution in [2.24, 2.45) is 11.8 Å². The molecule has 0 aliphatic carbocycles. The molecule has 0 aromatic heterocycles. The summed E-state index contributed by atoms with van der Waals surface area (Å²) in [6.07, 6.45) is 73.6. The van der Waals surface area contributed by atoms with Crippen molar-refractivity contribution in [3.05, 3.63) is 0 Å². The van der Waals surface area contributed by atoms with Gasteiger partial charge in [0, 0.05) is 25.7 Å². The van der Waals surface area contributed by atoms with E-state index in [4.69, 9.17) is 37.0 Å². The van der Waals surface area contributed by atoms with Crippen LogP contribution in [0.5, 0.6) is 0 Å². The minimum absolute atomic E-state index is 0.108. The number of unbranched alkanes of at least 4 members (excludes halogenated alkanes) is 58. The number of esters is 4. The van der Waals surface area contributed by atoms with Crippen molar-refractivity contribution in [1.82, 2.24) is 0 Å². The van der Waals surface area contributed by atoms with Crippen molar-refractivity contribution in [3.8, 4) is 0 Å². The van der Waals surface area contributed by atoms with Crippen LogP contribution in [0.15, 0.2) is 0 Å². The van der Waals surface area contributed by atoms with Gasteiger partial charge >= 0.3 is 39.5 Å². The molecule has 0 aliphatic heterocycles. The van der Waals surface area contributed by atoms with Gasteiger partial charge in [-0.2, -0.15) is 0 Å². The summed E-state index contributed by atoms with van der Waals surface area (Å²) in [6.45, 7) is 9.72. The molecular formula is C89H174O17P2. The Kier molecular flexibility index (Phi) is 78.8. The molecule has 0 aliphatic rings. The van der Waals surface area contributed by atoms with Crippen LogP contribution in [0.25, 0.3) is 0 Å². The molecule has 0 radical (unpaired) electrons. The number of rotatable bonds is 88. The van der Waals surface area contributed by atoms with E-state index < -0.39 is 97.5 Å². The van der Waals surface area contributed by atoms with Crippen LogP contribution < -0.4 is 0 Å². The molecule has 0 saturated carbocycles. The lowest BCUT2D eigenvalue weighted by Gasteiger charge is -2.21. The van der Waals surface area contributed by atoms with Gasteiger partial charge in [0.25, 0.3) is 0 Å². The van der Waals surface area contributed by atoms with Gasteiger partial charge in [-0.15, -0.1) is 0 Å². The Morgan fingerprint density at radius 3 is 0.630 bits per heavy atom. The molecule has 19 heteroatoms. The summed E-state index contributed by atoms with van der Waals surface area (Å²) in [7, 11) is -9.93. The first-order valence-corrected chi connectivity index (χ1v) is 49.0. The standard InChI is InChI=1S/C89H174O17P2/c1-7-9-11-13-15-17-19-21-23-24-25-26-30-33-37-40-47-53-59-65-71-86(91)99-77-84(105-89(94)74-68-62-56-50-42-38-34-31-28-27-29-32-35-39-45-51-57-63-69-81(3)4)79-103-107(95,96)101-75-83(90)76-102-108(97,98)104-80-85(78-100-87(92)72-66-60-54-48-44-43-46-52-58-64-70-82(5)6)106-88(93)73-67-61-55-49-41-36-22-20-18-16-14-12-10-8-2/h81-85,90H,7-80H2,1-6H3,(H,95,96)(H,97,98)/t83-,84-,85-/m1/s1. The van der Waals surface area contributed by atoms with Crippen LogP contribution in [0.2, 0.25) is 0 Å². The van der Waals surface area contributed by atoms with E-state index in [1.807, 2.05) is 0 Å². The fraction of sp³-hybridized carbons (Fsp3) is 0.955. The van der Waals surface area contributed by atoms with E-state index in [0.717, 1.165) is 102 Å². The van der Waals surface area contributed by atoms with E-state index in [9.17, 15) is 43.2 Å². The number of carbonyl (C=O) groups is 4. The van der Waals surface area contributed by atoms with E-state index in [2.05, 4.69) is 41.5 Å². The number of hydrogen-bond acceptors (Lipinski definition) is 15. The van der Waals surface area contributed by atoms with E-state index in [0.29, 0.717) is 25.7 Å². The fourth-order valence-corrected chi connectivity index (χ4v) is 15.5. The number of phosphoric acid groups is 2. The zero-order valence-electron chi connectivity index (χ0n) is 71.2. The van der Waals surface area contributed by atoms with E-state index >= 15 is 0 Å². The molecule has 0 saturated heterocycles. The van der Waals surface area contributed by atoms with Crippen molar-refractivity contribution in [2.75, 3.05) is 39.6 Å². The van der Waals surface area contributed by atoms with Crippen LogP contribution in [0, 0.1) is 11.8 Å². The molecule has 0 aromatic carbocycles. The summed E-state index contributed by atoms with van der Waals surface area (Å²) in [6, 6.07) is 0. The second-order valence-electron chi connectivity index (χ2n) is 32.9. The highest BCUT2D eigenvalue weighted by Gasteiger charge is 2.31. The Balaban J connectivity index is 5.24. The Bertz CT molecular complexity index is 2060. The highest BCUT2D eigenvalue weighted by molar-refractivity contribution is 7.47. The summed E-state index contributed by atoms with van der Waals surface area (Å²) < 4.78 is 69.0. The monoisotopic (exact) mass is 1580 g/mol. The number of hydrogen-bond donors (Lipinski definition) is 3. The summed E-state index contributed by atoms with van der Waals surface area (Å²) in [5, 5.41) is 10.7. The zero-order chi connectivity index (χ0) is 79.2. The minimum atomic E-state index is -4.97. The number of ether oxygens (including phenoxy) is 4. The lowest BCUT2D eigenvalue weighted by molar-refractivity contribution is -0.161. The predicted octanol–water partition coefficient (Wildman–Crippen LogP) is 27.4. The predicted molar refractivity (Wildman–Crippen MR) is 446 cm³/mol. The average Bonchev–Trinajstić information content (AvgIpc) is 0.898. The number of aliphatic hydroxyl groups excluding tert-OH is 1. The van der Waals surface area contributed by atoms with Crippen molar-refractivity contribution < 1.29 is 80.2 Å². The molecule has 642 valence electrons. The molecule has 5 atom stereocenters. The van der Waals surface area contributed by atoms with Crippen LogP contribution in [0.4, 0.5) is 0 Å². The molecule has 0 bridgehead atoms. The SMILES string of the molecule is CCCCCCCCCCCCCCCCCCCCCCC(=O)OC[C@H](COP(=O)(O)OC[C@@H](O)COP(=O)(O)OC[C@@H](COC(=O)CCCCCCCCCCCCC(C)C)OC(=O)CCCCCCCCCCCCCCCC)OC(=O)CCCCCCCCCCCCCCCCCCCCC(C)C. The lowest BCUT2D eigenvalue weighted by atomic mass is 10.0. The Morgan fingerprint density at radius 2 is 0.426 bits per heavy atom. The summed E-state index contributed by atoms with van der Waals surface area (Å²) in [4.78, 5) is 73.4. The summed E-state index contributed by atoms with van der Waals surface area (Å²) >= 11 is 0. The molecule has 0 heterocycles. The number of aliphatic hydroxyl groups is 1. The molecular weight excluding hydrogens is 1400 g/mol. The van der Waals surface area contributed by atoms with Crippen LogP contribution >= 0.6 is 15.6 Å². The highest BCUT2D eigenvalue weighted by Crippen LogP contribution is 2.45. The maximum atomic E-state index is 13.2. The second kappa shape index (κ2) is 80.3. The van der Waals surface area contributed by atoms with Crippen LogP contribution in [-0.4, -0.2) is 96.7 Å². The second-order valence-corrected chi connectivity index (χ2v) is 35.8. The fourth-order valence-electron chi connectivity index (χ4n) is 14.0. The van der Waals surface area contributed by atoms with Crippen LogP contribution in [0.1, 0.15) is 478 Å². The molecule has 2 unspecified atom stereocenters. The molecule has 108 heavy (non-hydrogen) atoms. The molecule has 3 N–H and O–H groups in total. The minimum Gasteiger partial charge on any atom is -0.462 e. The zero-order valence-corrected chi connectivity index (χ0v) is 73.0. The van der Waals surface area contributed by atoms with E-state index in [1.165, 1.54) is 295 Å². The highest BCUT2D eigenvalue weighted by atomic mass is 31.2. The Labute approximate surface area is 664 Å². The van der Waals surface area contributed by atoms with Crippen molar-refractivity contribution in [1.29, 1.82) is 0 Å². The maximum Gasteiger partial charge on any atom is 0.472 e. The van der Waals surface area contributed by atoms with Gasteiger partial charge in [-0.05, 0) is 37.5 Å². The molecule has 0 spiro atoms. The van der Waals surface area contributed by atoms with Crippen molar-refractivity contribution >= 4 is 39.5 Å². The average molecular weight is 1580 g/mol. The normalized spacial score (nSPS) is 13.8. The number of phosphoric ester groups is 2. The van der Waals surface area contributed by atoms with Gasteiger partial charge in [0.05, 0.1) is 26.4 Å². The van der Waals surface area contributed by atoms with Crippen LogP contribution in [0.3, 0.4) is 0 Å². The van der Waals surface area contributed by atoms with Crippen molar-refractivity contribution in [2.45, 2.75) is 496 Å². The van der Waals surface area contributed by atoms with Gasteiger partial charge < -0.3 is 33.8 Å². The van der Waals surface area contributed by atoms with Gasteiger partial charge in [0.1, 0.15) is 19.3 Å². The van der Waals surface area contributed by atoms with Crippen LogP contribution in [-0.2, 0) is 65.4 Å². The largest absolute Gasteiger partial charge is 0.472 e. The molecule has 0 fully saturated rings. The quantitative estimate of drug-likeness (QED) is 0.0222. The van der Waals surface area contributed by atoms with Gasteiger partial charge in [-0.25, -0.2) is 9.13 Å². The third-order valence-corrected chi connectivity index (χ3v) is 22.9. The van der Waals surface area contributed by atoms with Gasteiger partial charge in [-0.1, -0.05) is 427 Å². The summed E-state index contributed by atoms with van der Waals surface area (Å²) in [5.41, 5.74) is 0. The van der Waals surface area contributed by atoms with Gasteiger partial charge in [-0.3, -0.25) is 37.3 Å². The third-order valence-electron chi connectivity index (χ3n) is 21.0. The van der Waals surface area contributed by atoms with Gasteiger partial charge in [0.15, 0.2) is 12.2 Å². The Hall–Kier alpha value is -1.94. The maximum absolute atomic E-state index is 13.2. The third kappa shape index (κ3) is 82.1. The van der Waals surface area contributed by atoms with E-state index in [1.54, 1.807) is 0 Å². The first kappa shape index (κ1) is 106. The first-order chi connectivity index (χ1) is 52.4. The lowest BCUT2D eigenvalue weighted by Crippen LogP contribution is -2.30. The number of carbonyl (C=O) groups excluding carboxylic acids is 4. The van der Waals surface area contributed by atoms with E-state index in [-0.39, 0.29) is 25.7 Å². The van der Waals surface area contributed by atoms with Crippen molar-refractivity contribution in [3.63, 3.8) is 0 Å².